The highest BCUT2D eigenvalue weighted by atomic mass is 32.1. The monoisotopic (exact) mass is 323 g/mol. The summed E-state index contributed by atoms with van der Waals surface area (Å²) in [5.41, 5.74) is -1.26. The Morgan fingerprint density at radius 1 is 1.55 bits per heavy atom. The zero-order valence-corrected chi connectivity index (χ0v) is 13.7. The number of thiazole rings is 1. The maximum Gasteiger partial charge on any atom is 0.315 e. The Bertz CT molecular complexity index is 607. The molecule has 7 heteroatoms. The number of carbonyl (C=O) groups excluding carboxylic acids is 1. The third kappa shape index (κ3) is 4.08. The number of rotatable bonds is 6. The molecule has 0 fully saturated rings. The first-order chi connectivity index (χ1) is 10.4. The fourth-order valence-corrected chi connectivity index (χ4v) is 2.79. The lowest BCUT2D eigenvalue weighted by Gasteiger charge is -2.22. The summed E-state index contributed by atoms with van der Waals surface area (Å²) in [7, 11) is 0. The van der Waals surface area contributed by atoms with Gasteiger partial charge in [0.25, 0.3) is 0 Å². The molecule has 2 aromatic heterocycles. The van der Waals surface area contributed by atoms with Crippen molar-refractivity contribution in [1.29, 1.82) is 0 Å². The van der Waals surface area contributed by atoms with E-state index in [2.05, 4.69) is 15.6 Å². The van der Waals surface area contributed by atoms with E-state index in [1.165, 1.54) is 11.3 Å². The van der Waals surface area contributed by atoms with Crippen LogP contribution in [0.25, 0.3) is 0 Å². The number of amides is 2. The van der Waals surface area contributed by atoms with Crippen molar-refractivity contribution < 1.29 is 14.3 Å². The molecule has 0 aliphatic carbocycles. The van der Waals surface area contributed by atoms with Crippen LogP contribution >= 0.6 is 11.3 Å². The van der Waals surface area contributed by atoms with Gasteiger partial charge in [-0.1, -0.05) is 6.92 Å². The number of aromatic nitrogens is 1. The Kier molecular flexibility index (Phi) is 5.20. The van der Waals surface area contributed by atoms with E-state index in [-0.39, 0.29) is 18.6 Å². The normalized spacial score (nSPS) is 15.1. The van der Waals surface area contributed by atoms with Gasteiger partial charge in [0.1, 0.15) is 22.1 Å². The van der Waals surface area contributed by atoms with E-state index in [0.29, 0.717) is 5.76 Å². The maximum absolute atomic E-state index is 12.0. The van der Waals surface area contributed by atoms with E-state index in [1.807, 2.05) is 12.3 Å². The van der Waals surface area contributed by atoms with Crippen LogP contribution in [0.1, 0.15) is 42.8 Å². The van der Waals surface area contributed by atoms with Crippen molar-refractivity contribution in [3.8, 4) is 0 Å². The summed E-state index contributed by atoms with van der Waals surface area (Å²) in [6, 6.07) is 3.01. The highest BCUT2D eigenvalue weighted by Crippen LogP contribution is 2.22. The van der Waals surface area contributed by atoms with Gasteiger partial charge in [0, 0.05) is 11.6 Å². The van der Waals surface area contributed by atoms with Crippen LogP contribution in [0.4, 0.5) is 4.79 Å². The second kappa shape index (κ2) is 6.93. The SMILES string of the molecule is CCC(NC(=O)NCC(C)(O)c1ccc(C)o1)c1nccs1. The van der Waals surface area contributed by atoms with Crippen molar-refractivity contribution in [2.75, 3.05) is 6.54 Å². The van der Waals surface area contributed by atoms with Crippen LogP contribution < -0.4 is 10.6 Å². The average Bonchev–Trinajstić information content (AvgIpc) is 3.14. The molecule has 0 saturated heterocycles. The van der Waals surface area contributed by atoms with E-state index >= 15 is 0 Å². The predicted octanol–water partition coefficient (Wildman–Crippen LogP) is 2.70. The molecule has 3 N–H and O–H groups in total. The maximum atomic E-state index is 12.0. The van der Waals surface area contributed by atoms with Gasteiger partial charge >= 0.3 is 6.03 Å². The molecule has 2 unspecified atom stereocenters. The molecule has 2 aromatic rings. The average molecular weight is 323 g/mol. The van der Waals surface area contributed by atoms with Gasteiger partial charge < -0.3 is 20.2 Å². The smallest absolute Gasteiger partial charge is 0.315 e. The van der Waals surface area contributed by atoms with Crippen LogP contribution in [0, 0.1) is 6.92 Å². The molecule has 0 aromatic carbocycles. The van der Waals surface area contributed by atoms with Crippen LogP contribution in [0.2, 0.25) is 0 Å². The lowest BCUT2D eigenvalue weighted by molar-refractivity contribution is 0.0359. The van der Waals surface area contributed by atoms with Crippen molar-refractivity contribution >= 4 is 17.4 Å². The number of aryl methyl sites for hydroxylation is 1. The molecular formula is C15H21N3O3S. The van der Waals surface area contributed by atoms with Crippen molar-refractivity contribution in [2.24, 2.45) is 0 Å². The summed E-state index contributed by atoms with van der Waals surface area (Å²) in [5.74, 6) is 1.15. The standard InChI is InChI=1S/C15H21N3O3S/c1-4-11(13-16-7-8-22-13)18-14(19)17-9-15(3,20)12-6-5-10(2)21-12/h5-8,11,20H,4,9H2,1-3H3,(H2,17,18,19). The number of hydrogen-bond donors (Lipinski definition) is 3. The number of aliphatic hydroxyl groups is 1. The van der Waals surface area contributed by atoms with Gasteiger partial charge in [0.15, 0.2) is 0 Å². The fraction of sp³-hybridized carbons (Fsp3) is 0.467. The van der Waals surface area contributed by atoms with Crippen LogP contribution in [0.3, 0.4) is 0 Å². The predicted molar refractivity (Wildman–Crippen MR) is 84.7 cm³/mol. The number of urea groups is 1. The van der Waals surface area contributed by atoms with Gasteiger partial charge in [0.05, 0.1) is 12.6 Å². The summed E-state index contributed by atoms with van der Waals surface area (Å²) in [6.07, 6.45) is 2.46. The largest absolute Gasteiger partial charge is 0.463 e. The minimum absolute atomic E-state index is 0.0556. The molecule has 2 heterocycles. The van der Waals surface area contributed by atoms with Gasteiger partial charge in [-0.3, -0.25) is 0 Å². The van der Waals surface area contributed by atoms with Gasteiger partial charge in [-0.05, 0) is 32.4 Å². The molecule has 0 aliphatic rings. The molecule has 2 amide bonds. The molecule has 0 spiro atoms. The first kappa shape index (κ1) is 16.5. The fourth-order valence-electron chi connectivity index (χ4n) is 2.02. The minimum atomic E-state index is -1.26. The Morgan fingerprint density at radius 3 is 2.86 bits per heavy atom. The Labute approximate surface area is 133 Å². The van der Waals surface area contributed by atoms with E-state index < -0.39 is 5.60 Å². The van der Waals surface area contributed by atoms with E-state index in [4.69, 9.17) is 4.42 Å². The highest BCUT2D eigenvalue weighted by Gasteiger charge is 2.27. The Hall–Kier alpha value is -1.86. The quantitative estimate of drug-likeness (QED) is 0.763. The van der Waals surface area contributed by atoms with E-state index in [1.54, 1.807) is 32.2 Å². The highest BCUT2D eigenvalue weighted by molar-refractivity contribution is 7.09. The molecule has 2 atom stereocenters. The third-order valence-corrected chi connectivity index (χ3v) is 4.22. The number of hydrogen-bond acceptors (Lipinski definition) is 5. The van der Waals surface area contributed by atoms with Crippen LogP contribution in [-0.4, -0.2) is 22.7 Å². The molecular weight excluding hydrogens is 302 g/mol. The summed E-state index contributed by atoms with van der Waals surface area (Å²) in [5, 5.41) is 18.6. The first-order valence-electron chi connectivity index (χ1n) is 7.15. The van der Waals surface area contributed by atoms with E-state index in [0.717, 1.165) is 17.2 Å². The van der Waals surface area contributed by atoms with Crippen LogP contribution in [0.5, 0.6) is 0 Å². The third-order valence-electron chi connectivity index (χ3n) is 3.33. The summed E-state index contributed by atoms with van der Waals surface area (Å²) in [6.45, 7) is 5.44. The molecule has 0 saturated carbocycles. The van der Waals surface area contributed by atoms with Gasteiger partial charge in [-0.2, -0.15) is 0 Å². The number of nitrogens with one attached hydrogen (secondary N) is 2. The van der Waals surface area contributed by atoms with Crippen molar-refractivity contribution in [2.45, 2.75) is 38.8 Å². The number of nitrogens with zero attached hydrogens (tertiary/aromatic N) is 1. The molecule has 2 rings (SSSR count). The lowest BCUT2D eigenvalue weighted by atomic mass is 10.0. The van der Waals surface area contributed by atoms with Crippen molar-refractivity contribution in [3.05, 3.63) is 40.2 Å². The topological polar surface area (TPSA) is 87.4 Å². The van der Waals surface area contributed by atoms with Crippen LogP contribution in [0.15, 0.2) is 28.1 Å². The second-order valence-corrected chi connectivity index (χ2v) is 6.27. The van der Waals surface area contributed by atoms with Gasteiger partial charge in [0.2, 0.25) is 0 Å². The van der Waals surface area contributed by atoms with E-state index in [9.17, 15) is 9.90 Å². The second-order valence-electron chi connectivity index (χ2n) is 5.34. The van der Waals surface area contributed by atoms with Crippen molar-refractivity contribution in [1.82, 2.24) is 15.6 Å². The minimum Gasteiger partial charge on any atom is -0.463 e. The zero-order chi connectivity index (χ0) is 16.2. The molecule has 0 bridgehead atoms. The Balaban J connectivity index is 1.89. The van der Waals surface area contributed by atoms with Gasteiger partial charge in [-0.25, -0.2) is 9.78 Å². The first-order valence-corrected chi connectivity index (χ1v) is 8.03. The summed E-state index contributed by atoms with van der Waals surface area (Å²) in [4.78, 5) is 16.2. The number of furan rings is 1. The number of carbonyl (C=O) groups is 1. The molecule has 22 heavy (non-hydrogen) atoms. The molecule has 120 valence electrons. The zero-order valence-electron chi connectivity index (χ0n) is 12.9. The molecule has 0 radical (unpaired) electrons. The van der Waals surface area contributed by atoms with Crippen molar-refractivity contribution in [3.63, 3.8) is 0 Å². The lowest BCUT2D eigenvalue weighted by Crippen LogP contribution is -2.44. The summed E-state index contributed by atoms with van der Waals surface area (Å²) >= 11 is 1.50. The van der Waals surface area contributed by atoms with Crippen LogP contribution in [-0.2, 0) is 5.60 Å². The summed E-state index contributed by atoms with van der Waals surface area (Å²) < 4.78 is 5.41. The molecule has 0 aliphatic heterocycles. The molecule has 6 nitrogen and oxygen atoms in total. The van der Waals surface area contributed by atoms with Gasteiger partial charge in [-0.15, -0.1) is 11.3 Å². The Morgan fingerprint density at radius 2 is 2.32 bits per heavy atom.